The molecule has 0 saturated carbocycles. The van der Waals surface area contributed by atoms with E-state index in [1.165, 1.54) is 77.0 Å². The fraction of sp³-hybridized carbons (Fsp3) is 0.809. The lowest BCUT2D eigenvalue weighted by molar-refractivity contribution is -0.303. The second-order valence-corrected chi connectivity index (χ2v) is 16.1. The zero-order chi connectivity index (χ0) is 42.6. The van der Waals surface area contributed by atoms with Crippen molar-refractivity contribution >= 4 is 5.91 Å². The van der Waals surface area contributed by atoms with Crippen molar-refractivity contribution in [1.29, 1.82) is 0 Å². The van der Waals surface area contributed by atoms with E-state index in [2.05, 4.69) is 67.8 Å². The van der Waals surface area contributed by atoms with Crippen molar-refractivity contribution in [2.24, 2.45) is 0 Å². The number of hydrogen-bond acceptors (Lipinski definition) is 10. The van der Waals surface area contributed by atoms with Crippen LogP contribution in [0, 0.1) is 0 Å². The molecule has 9 unspecified atom stereocenters. The SMILES string of the molecule is CCCCC/C=C\C=C/CCCCCCCCCCCC(O)C(=O)NC(COC1OC(CO)C(O)C(O)C1O)C(O)C(O)CCC/C=C/CC/C=C/CCCCCC. The van der Waals surface area contributed by atoms with Crippen LogP contribution in [0.2, 0.25) is 0 Å². The van der Waals surface area contributed by atoms with Gasteiger partial charge < -0.3 is 50.5 Å². The molecule has 1 saturated heterocycles. The van der Waals surface area contributed by atoms with Gasteiger partial charge in [-0.2, -0.15) is 0 Å². The Bertz CT molecular complexity index is 1080. The van der Waals surface area contributed by atoms with Crippen molar-refractivity contribution in [3.05, 3.63) is 48.6 Å². The van der Waals surface area contributed by atoms with Gasteiger partial charge in [0.25, 0.3) is 0 Å². The van der Waals surface area contributed by atoms with Gasteiger partial charge in [-0.3, -0.25) is 4.79 Å². The van der Waals surface area contributed by atoms with E-state index in [4.69, 9.17) is 9.47 Å². The van der Waals surface area contributed by atoms with Gasteiger partial charge in [0.15, 0.2) is 6.29 Å². The topological polar surface area (TPSA) is 189 Å². The van der Waals surface area contributed by atoms with Crippen LogP contribution in [0.3, 0.4) is 0 Å². The van der Waals surface area contributed by atoms with E-state index in [1.807, 2.05) is 0 Å². The van der Waals surface area contributed by atoms with Gasteiger partial charge in [-0.15, -0.1) is 0 Å². The number of carbonyl (C=O) groups is 1. The van der Waals surface area contributed by atoms with E-state index in [0.29, 0.717) is 19.3 Å². The molecule has 0 bridgehead atoms. The Morgan fingerprint density at radius 1 is 0.603 bits per heavy atom. The number of ether oxygens (including phenoxy) is 2. The van der Waals surface area contributed by atoms with Crippen LogP contribution in [0.1, 0.15) is 174 Å². The number of hydrogen-bond donors (Lipinski definition) is 8. The highest BCUT2D eigenvalue weighted by Crippen LogP contribution is 2.23. The standard InChI is InChI=1S/C47H85NO10/c1-3-5-7-9-11-13-15-17-18-19-20-21-23-25-27-29-31-33-35-40(51)46(56)48-38(37-57-47-45(55)44(54)43(53)41(36-49)58-47)42(52)39(50)34-32-30-28-26-24-22-16-14-12-10-8-6-4-2/h11,13-17,26,28,38-45,47,49-55H,3-10,12,18-25,27,29-37H2,1-2H3,(H,48,56)/b13-11-,16-14+,17-15-,28-26+. The van der Waals surface area contributed by atoms with Crippen molar-refractivity contribution in [2.75, 3.05) is 13.2 Å². The highest BCUT2D eigenvalue weighted by Gasteiger charge is 2.44. The summed E-state index contributed by atoms with van der Waals surface area (Å²) in [4.78, 5) is 13.1. The lowest BCUT2D eigenvalue weighted by atomic mass is 9.98. The number of unbranched alkanes of at least 4 members (excludes halogenated alkanes) is 18. The maximum Gasteiger partial charge on any atom is 0.249 e. The Kier molecular flexibility index (Phi) is 34.4. The number of allylic oxidation sites excluding steroid dienone is 8. The Hall–Kier alpha value is -1.93. The minimum Gasteiger partial charge on any atom is -0.394 e. The maximum atomic E-state index is 13.1. The van der Waals surface area contributed by atoms with Gasteiger partial charge in [-0.1, -0.05) is 146 Å². The minimum atomic E-state index is -1.67. The van der Waals surface area contributed by atoms with Crippen molar-refractivity contribution in [3.8, 4) is 0 Å². The quantitative estimate of drug-likeness (QED) is 0.0178. The second-order valence-electron chi connectivity index (χ2n) is 16.1. The minimum absolute atomic E-state index is 0.243. The van der Waals surface area contributed by atoms with Gasteiger partial charge in [0.2, 0.25) is 5.91 Å². The molecule has 338 valence electrons. The summed E-state index contributed by atoms with van der Waals surface area (Å²) in [5, 5.41) is 75.6. The smallest absolute Gasteiger partial charge is 0.249 e. The van der Waals surface area contributed by atoms with E-state index < -0.39 is 74.2 Å². The van der Waals surface area contributed by atoms with E-state index in [9.17, 15) is 40.5 Å². The Morgan fingerprint density at radius 2 is 1.09 bits per heavy atom. The summed E-state index contributed by atoms with van der Waals surface area (Å²) in [6.45, 7) is 3.35. The first-order valence-electron chi connectivity index (χ1n) is 23.1. The van der Waals surface area contributed by atoms with Crippen molar-refractivity contribution < 1.29 is 50.0 Å². The lowest BCUT2D eigenvalue weighted by Gasteiger charge is -2.40. The van der Waals surface area contributed by atoms with Crippen LogP contribution >= 0.6 is 0 Å². The van der Waals surface area contributed by atoms with Crippen molar-refractivity contribution in [1.82, 2.24) is 5.32 Å². The molecule has 1 aliphatic heterocycles. The van der Waals surface area contributed by atoms with Crippen LogP contribution in [0.25, 0.3) is 0 Å². The molecule has 0 aromatic rings. The van der Waals surface area contributed by atoms with E-state index in [-0.39, 0.29) is 12.8 Å². The van der Waals surface area contributed by atoms with E-state index in [0.717, 1.165) is 51.4 Å². The predicted molar refractivity (Wildman–Crippen MR) is 233 cm³/mol. The molecule has 0 aromatic carbocycles. The molecule has 1 amide bonds. The fourth-order valence-corrected chi connectivity index (χ4v) is 6.97. The third kappa shape index (κ3) is 26.3. The number of nitrogens with one attached hydrogen (secondary N) is 1. The molecule has 0 spiro atoms. The monoisotopic (exact) mass is 824 g/mol. The van der Waals surface area contributed by atoms with Gasteiger partial charge in [0.05, 0.1) is 25.4 Å². The summed E-state index contributed by atoms with van der Waals surface area (Å²) in [6.07, 6.45) is 31.6. The normalized spacial score (nSPS) is 22.4. The molecule has 0 aliphatic carbocycles. The van der Waals surface area contributed by atoms with Crippen molar-refractivity contribution in [3.63, 3.8) is 0 Å². The molecule has 8 N–H and O–H groups in total. The molecular formula is C47H85NO10. The lowest BCUT2D eigenvalue weighted by Crippen LogP contribution is -2.60. The highest BCUT2D eigenvalue weighted by molar-refractivity contribution is 5.80. The molecule has 0 radical (unpaired) electrons. The Morgan fingerprint density at radius 3 is 1.67 bits per heavy atom. The predicted octanol–water partition coefficient (Wildman–Crippen LogP) is 7.39. The van der Waals surface area contributed by atoms with Crippen LogP contribution in [0.15, 0.2) is 48.6 Å². The van der Waals surface area contributed by atoms with Crippen LogP contribution in [0.5, 0.6) is 0 Å². The van der Waals surface area contributed by atoms with Gasteiger partial charge in [-0.05, 0) is 77.0 Å². The number of carbonyl (C=O) groups excluding carboxylic acids is 1. The molecule has 1 aliphatic rings. The van der Waals surface area contributed by atoms with Crippen LogP contribution in [-0.2, 0) is 14.3 Å². The first-order chi connectivity index (χ1) is 28.2. The molecule has 1 fully saturated rings. The Balaban J connectivity index is 2.48. The number of aliphatic hydroxyl groups is 7. The summed E-state index contributed by atoms with van der Waals surface area (Å²) in [6, 6.07) is -1.19. The van der Waals surface area contributed by atoms with Crippen molar-refractivity contribution in [2.45, 2.75) is 229 Å². The first-order valence-corrected chi connectivity index (χ1v) is 23.1. The van der Waals surface area contributed by atoms with Crippen LogP contribution in [-0.4, -0.2) is 110 Å². The van der Waals surface area contributed by atoms with Gasteiger partial charge in [0, 0.05) is 0 Å². The molecule has 9 atom stereocenters. The van der Waals surface area contributed by atoms with Gasteiger partial charge in [-0.25, -0.2) is 0 Å². The third-order valence-electron chi connectivity index (χ3n) is 10.9. The molecule has 1 rings (SSSR count). The molecule has 1 heterocycles. The summed E-state index contributed by atoms with van der Waals surface area (Å²) in [5.41, 5.74) is 0. The average Bonchev–Trinajstić information content (AvgIpc) is 3.22. The average molecular weight is 824 g/mol. The molecule has 11 nitrogen and oxygen atoms in total. The molecule has 0 aromatic heterocycles. The Labute approximate surface area is 351 Å². The zero-order valence-corrected chi connectivity index (χ0v) is 36.3. The van der Waals surface area contributed by atoms with E-state index in [1.54, 1.807) is 0 Å². The summed E-state index contributed by atoms with van der Waals surface area (Å²) in [5.74, 6) is -0.718. The molecule has 11 heteroatoms. The van der Waals surface area contributed by atoms with Crippen LogP contribution in [0.4, 0.5) is 0 Å². The van der Waals surface area contributed by atoms with Gasteiger partial charge >= 0.3 is 0 Å². The third-order valence-corrected chi connectivity index (χ3v) is 10.9. The summed E-state index contributed by atoms with van der Waals surface area (Å²) < 4.78 is 11.1. The first kappa shape index (κ1) is 54.1. The fourth-order valence-electron chi connectivity index (χ4n) is 6.97. The van der Waals surface area contributed by atoms with Gasteiger partial charge in [0.1, 0.15) is 36.6 Å². The summed E-state index contributed by atoms with van der Waals surface area (Å²) >= 11 is 0. The number of amides is 1. The maximum absolute atomic E-state index is 13.1. The van der Waals surface area contributed by atoms with E-state index >= 15 is 0 Å². The number of aliphatic hydroxyl groups excluding tert-OH is 7. The highest BCUT2D eigenvalue weighted by atomic mass is 16.7. The number of rotatable bonds is 37. The molecule has 58 heavy (non-hydrogen) atoms. The zero-order valence-electron chi connectivity index (χ0n) is 36.3. The second kappa shape index (κ2) is 36.9. The largest absolute Gasteiger partial charge is 0.394 e. The van der Waals surface area contributed by atoms with Crippen LogP contribution < -0.4 is 5.32 Å². The molecular weight excluding hydrogens is 739 g/mol. The summed E-state index contributed by atoms with van der Waals surface area (Å²) in [7, 11) is 0.